The van der Waals surface area contributed by atoms with Crippen LogP contribution in [0.2, 0.25) is 0 Å². The zero-order valence-electron chi connectivity index (χ0n) is 17.1. The lowest BCUT2D eigenvalue weighted by atomic mass is 9.82. The predicted molar refractivity (Wildman–Crippen MR) is 114 cm³/mol. The van der Waals surface area contributed by atoms with Crippen LogP contribution in [0, 0.1) is 23.2 Å². The number of aryl methyl sites for hydroxylation is 1. The van der Waals surface area contributed by atoms with Crippen molar-refractivity contribution in [1.82, 2.24) is 0 Å². The normalized spacial score (nSPS) is 19.7. The molecule has 1 aliphatic rings. The van der Waals surface area contributed by atoms with Gasteiger partial charge in [0.05, 0.1) is 12.0 Å². The van der Waals surface area contributed by atoms with Gasteiger partial charge in [0.15, 0.2) is 0 Å². The van der Waals surface area contributed by atoms with Crippen molar-refractivity contribution < 1.29 is 9.53 Å². The summed E-state index contributed by atoms with van der Waals surface area (Å²) < 4.78 is 5.61. The maximum atomic E-state index is 12.4. The first-order valence-electron chi connectivity index (χ1n) is 10.8. The molecule has 0 heterocycles. The van der Waals surface area contributed by atoms with E-state index in [-0.39, 0.29) is 11.9 Å². The third-order valence-corrected chi connectivity index (χ3v) is 5.48. The van der Waals surface area contributed by atoms with Crippen LogP contribution in [-0.2, 0) is 11.2 Å². The summed E-state index contributed by atoms with van der Waals surface area (Å²) in [7, 11) is 0. The number of ether oxygens (including phenoxy) is 1. The third kappa shape index (κ3) is 8.13. The lowest BCUT2D eigenvalue weighted by Crippen LogP contribution is -2.25. The second-order valence-corrected chi connectivity index (χ2v) is 7.71. The number of esters is 1. The number of carbonyl (C=O) groups excluding carboxylic acids is 1. The summed E-state index contributed by atoms with van der Waals surface area (Å²) in [4.78, 5) is 12.4. The van der Waals surface area contributed by atoms with Crippen LogP contribution in [0.3, 0.4) is 0 Å². The van der Waals surface area contributed by atoms with Gasteiger partial charge in [-0.25, -0.2) is 0 Å². The number of nitrogens with zero attached hydrogens (tertiary/aromatic N) is 1. The highest BCUT2D eigenvalue weighted by Gasteiger charge is 2.26. The smallest absolute Gasteiger partial charge is 0.314 e. The first-order valence-corrected chi connectivity index (χ1v) is 10.8. The summed E-state index contributed by atoms with van der Waals surface area (Å²) in [5, 5.41) is 8.48. The van der Waals surface area contributed by atoms with E-state index in [1.807, 2.05) is 24.3 Å². The van der Waals surface area contributed by atoms with Crippen LogP contribution in [-0.4, -0.2) is 5.97 Å². The number of hydrogen-bond acceptors (Lipinski definition) is 3. The minimum absolute atomic E-state index is 0.00228. The van der Waals surface area contributed by atoms with Crippen molar-refractivity contribution in [3.63, 3.8) is 0 Å². The van der Waals surface area contributed by atoms with Crippen molar-refractivity contribution in [3.8, 4) is 11.8 Å². The molecule has 0 aliphatic heterocycles. The maximum absolute atomic E-state index is 12.4. The first-order chi connectivity index (χ1) is 13.7. The lowest BCUT2D eigenvalue weighted by Gasteiger charge is -2.25. The molecule has 0 amide bonds. The fourth-order valence-corrected chi connectivity index (χ4v) is 3.72. The molecular weight excluding hydrogens is 346 g/mol. The third-order valence-electron chi connectivity index (χ3n) is 5.48. The highest BCUT2D eigenvalue weighted by Crippen LogP contribution is 2.31. The van der Waals surface area contributed by atoms with Gasteiger partial charge in [-0.1, -0.05) is 63.0 Å². The Bertz CT molecular complexity index is 673. The number of allylic oxidation sites excluding steroid dienone is 4. The Hall–Kier alpha value is -2.34. The maximum Gasteiger partial charge on any atom is 0.314 e. The van der Waals surface area contributed by atoms with Gasteiger partial charge in [0.1, 0.15) is 5.75 Å². The molecule has 2 rings (SSSR count). The highest BCUT2D eigenvalue weighted by molar-refractivity contribution is 5.75. The van der Waals surface area contributed by atoms with Crippen LogP contribution >= 0.6 is 0 Å². The fourth-order valence-electron chi connectivity index (χ4n) is 3.72. The van der Waals surface area contributed by atoms with E-state index < -0.39 is 0 Å². The average Bonchev–Trinajstić information content (AvgIpc) is 2.73. The van der Waals surface area contributed by atoms with Crippen LogP contribution in [0.5, 0.6) is 5.75 Å². The molecule has 0 radical (unpaired) electrons. The van der Waals surface area contributed by atoms with Crippen LogP contribution < -0.4 is 4.74 Å². The van der Waals surface area contributed by atoms with Crippen molar-refractivity contribution in [2.75, 3.05) is 0 Å². The zero-order chi connectivity index (χ0) is 20.0. The Morgan fingerprint density at radius 3 is 2.46 bits per heavy atom. The van der Waals surface area contributed by atoms with Crippen molar-refractivity contribution in [2.24, 2.45) is 11.8 Å². The molecule has 28 heavy (non-hydrogen) atoms. The van der Waals surface area contributed by atoms with E-state index in [4.69, 9.17) is 10.00 Å². The standard InChI is InChI=1S/C25H33NO2/c1-2-3-4-5-7-10-22-14-18-24(19-15-22)28-25(27)23-16-12-21(13-17-23)11-8-6-9-20-26/h6,8-9,11,14-15,18-19,21,23H,2-5,7,10,12-13,16-17H2,1H3/t21-,23-. The van der Waals surface area contributed by atoms with E-state index in [1.165, 1.54) is 43.7 Å². The number of nitriles is 1. The summed E-state index contributed by atoms with van der Waals surface area (Å²) in [6, 6.07) is 9.99. The van der Waals surface area contributed by atoms with Crippen LogP contribution in [0.25, 0.3) is 0 Å². The minimum Gasteiger partial charge on any atom is -0.426 e. The molecule has 1 aliphatic carbocycles. The van der Waals surface area contributed by atoms with Gasteiger partial charge in [-0.3, -0.25) is 4.79 Å². The Labute approximate surface area is 170 Å². The monoisotopic (exact) mass is 379 g/mol. The van der Waals surface area contributed by atoms with Crippen molar-refractivity contribution in [1.29, 1.82) is 5.26 Å². The Balaban J connectivity index is 1.71. The number of rotatable bonds is 10. The lowest BCUT2D eigenvalue weighted by molar-refractivity contribution is -0.140. The summed E-state index contributed by atoms with van der Waals surface area (Å²) in [5.74, 6) is 1.05. The molecule has 1 aromatic carbocycles. The second kappa shape index (κ2) is 12.9. The molecular formula is C25H33NO2. The van der Waals surface area contributed by atoms with E-state index in [2.05, 4.69) is 25.1 Å². The Morgan fingerprint density at radius 2 is 1.79 bits per heavy atom. The number of unbranched alkanes of at least 4 members (excludes halogenated alkanes) is 4. The van der Waals surface area contributed by atoms with E-state index in [9.17, 15) is 4.79 Å². The van der Waals surface area contributed by atoms with Crippen molar-refractivity contribution in [3.05, 3.63) is 54.1 Å². The quantitative estimate of drug-likeness (QED) is 0.152. The van der Waals surface area contributed by atoms with E-state index >= 15 is 0 Å². The molecule has 1 aromatic rings. The minimum atomic E-state index is -0.0980. The number of hydrogen-bond donors (Lipinski definition) is 0. The fraction of sp³-hybridized carbons (Fsp3) is 0.520. The van der Waals surface area contributed by atoms with E-state index in [0.29, 0.717) is 11.7 Å². The summed E-state index contributed by atoms with van der Waals surface area (Å²) >= 11 is 0. The first kappa shape index (κ1) is 22.0. The van der Waals surface area contributed by atoms with Crippen LogP contribution in [0.15, 0.2) is 48.6 Å². The van der Waals surface area contributed by atoms with E-state index in [0.717, 1.165) is 32.1 Å². The Morgan fingerprint density at radius 1 is 1.07 bits per heavy atom. The molecule has 0 spiro atoms. The SMILES string of the molecule is CCCCCCCc1ccc(OC(=O)[C@H]2CC[C@H](C=CC=CC#N)CC2)cc1. The van der Waals surface area contributed by atoms with Gasteiger partial charge in [-0.15, -0.1) is 0 Å². The summed E-state index contributed by atoms with van der Waals surface area (Å²) in [6.45, 7) is 2.24. The van der Waals surface area contributed by atoms with Crippen molar-refractivity contribution >= 4 is 5.97 Å². The van der Waals surface area contributed by atoms with Gasteiger partial charge >= 0.3 is 5.97 Å². The van der Waals surface area contributed by atoms with Crippen LogP contribution in [0.1, 0.15) is 70.3 Å². The number of benzene rings is 1. The highest BCUT2D eigenvalue weighted by atomic mass is 16.5. The molecule has 3 nitrogen and oxygen atoms in total. The molecule has 0 atom stereocenters. The van der Waals surface area contributed by atoms with Gasteiger partial charge in [0, 0.05) is 6.08 Å². The summed E-state index contributed by atoms with van der Waals surface area (Å²) in [5.41, 5.74) is 1.31. The largest absolute Gasteiger partial charge is 0.426 e. The molecule has 0 unspecified atom stereocenters. The Kier molecular flexibility index (Phi) is 10.1. The summed E-state index contributed by atoms with van der Waals surface area (Å²) in [6.07, 6.45) is 18.5. The molecule has 0 N–H and O–H groups in total. The number of carbonyl (C=O) groups is 1. The van der Waals surface area contributed by atoms with E-state index in [1.54, 1.807) is 6.08 Å². The van der Waals surface area contributed by atoms with Crippen molar-refractivity contribution in [2.45, 2.75) is 71.1 Å². The molecule has 1 fully saturated rings. The molecule has 0 saturated heterocycles. The van der Waals surface area contributed by atoms with Gasteiger partial charge in [0.2, 0.25) is 0 Å². The second-order valence-electron chi connectivity index (χ2n) is 7.71. The topological polar surface area (TPSA) is 50.1 Å². The van der Waals surface area contributed by atoms with Gasteiger partial charge in [-0.2, -0.15) is 5.26 Å². The van der Waals surface area contributed by atoms with Crippen LogP contribution in [0.4, 0.5) is 0 Å². The molecule has 1 saturated carbocycles. The van der Waals surface area contributed by atoms with Gasteiger partial charge in [0.25, 0.3) is 0 Å². The van der Waals surface area contributed by atoms with Gasteiger partial charge < -0.3 is 4.74 Å². The van der Waals surface area contributed by atoms with Gasteiger partial charge in [-0.05, 0) is 62.1 Å². The zero-order valence-corrected chi connectivity index (χ0v) is 17.1. The molecule has 150 valence electrons. The average molecular weight is 380 g/mol. The predicted octanol–water partition coefficient (Wildman–Crippen LogP) is 6.55. The molecule has 3 heteroatoms. The molecule has 0 bridgehead atoms. The molecule has 0 aromatic heterocycles.